The molecule has 208 valence electrons. The summed E-state index contributed by atoms with van der Waals surface area (Å²) in [5.41, 5.74) is 2.75. The molecule has 0 radical (unpaired) electrons. The molecule has 2 atom stereocenters. The van der Waals surface area contributed by atoms with Gasteiger partial charge in [-0.25, -0.2) is 13.8 Å². The van der Waals surface area contributed by atoms with E-state index in [1.807, 2.05) is 0 Å². The number of ketones is 1. The minimum atomic E-state index is -1.42. The second kappa shape index (κ2) is 10.4. The number of nitrogens with zero attached hydrogens (tertiary/aromatic N) is 3. The van der Waals surface area contributed by atoms with Crippen LogP contribution in [0.5, 0.6) is 0 Å². The first-order chi connectivity index (χ1) is 19.7. The number of aromatic nitrogens is 3. The van der Waals surface area contributed by atoms with E-state index in [0.717, 1.165) is 0 Å². The van der Waals surface area contributed by atoms with E-state index in [0.29, 0.717) is 33.1 Å². The Labute approximate surface area is 237 Å². The molecule has 2 amide bonds. The number of para-hydroxylation sites is 1. The van der Waals surface area contributed by atoms with Crippen LogP contribution in [0, 0.1) is 5.82 Å². The quantitative estimate of drug-likeness (QED) is 0.252. The number of anilines is 1. The van der Waals surface area contributed by atoms with E-state index >= 15 is 4.39 Å². The van der Waals surface area contributed by atoms with Crippen LogP contribution in [-0.2, 0) is 16.1 Å². The second-order valence-electron chi connectivity index (χ2n) is 10.0. The standard InChI is InChI=1S/C30H24ClF2N5O3/c1-16(39)21-13-37(24-8-3-2-5-18(21)24)14-26(40)38-12-17(32)11-25(38)30(41)36-22-7-4-6-20(28(22)33)19-9-10-23-29(27(19)31)35-15-34-23/h2-10,13,15,17,25H,11-12,14H2,1H3,(H,34,35)(H,36,41)/t17-,25+/m1/s1. The molecule has 6 rings (SSSR count). The number of Topliss-reactive ketones (excluding diaryl/α,β-unsaturated/α-hetero) is 1. The number of alkyl halides is 1. The number of H-pyrrole nitrogens is 1. The number of hydrogen-bond acceptors (Lipinski definition) is 4. The Morgan fingerprint density at radius 1 is 1.10 bits per heavy atom. The van der Waals surface area contributed by atoms with Gasteiger partial charge < -0.3 is 19.8 Å². The van der Waals surface area contributed by atoms with Gasteiger partial charge in [-0.05, 0) is 25.1 Å². The fraction of sp³-hybridized carbons (Fsp3) is 0.200. The summed E-state index contributed by atoms with van der Waals surface area (Å²) in [6, 6.07) is 13.9. The van der Waals surface area contributed by atoms with Gasteiger partial charge in [-0.1, -0.05) is 48.0 Å². The van der Waals surface area contributed by atoms with Crippen molar-refractivity contribution in [3.63, 3.8) is 0 Å². The number of nitrogens with one attached hydrogen (secondary N) is 2. The van der Waals surface area contributed by atoms with Crippen molar-refractivity contribution in [2.24, 2.45) is 0 Å². The minimum Gasteiger partial charge on any atom is -0.345 e. The van der Waals surface area contributed by atoms with E-state index in [-0.39, 0.29) is 41.6 Å². The summed E-state index contributed by atoms with van der Waals surface area (Å²) in [7, 11) is 0. The van der Waals surface area contributed by atoms with E-state index in [9.17, 15) is 18.8 Å². The molecular weight excluding hydrogens is 552 g/mol. The van der Waals surface area contributed by atoms with E-state index < -0.39 is 29.8 Å². The number of halogens is 3. The normalized spacial score (nSPS) is 16.9. The molecule has 0 aliphatic carbocycles. The number of aromatic amines is 1. The lowest BCUT2D eigenvalue weighted by Gasteiger charge is -2.24. The first kappa shape index (κ1) is 26.6. The molecule has 1 fully saturated rings. The predicted octanol–water partition coefficient (Wildman–Crippen LogP) is 5.76. The number of hydrogen-bond donors (Lipinski definition) is 2. The molecule has 3 heterocycles. The van der Waals surface area contributed by atoms with Crippen molar-refractivity contribution in [1.82, 2.24) is 19.4 Å². The molecule has 5 aromatic rings. The van der Waals surface area contributed by atoms with Crippen LogP contribution in [0.15, 0.2) is 67.1 Å². The highest BCUT2D eigenvalue weighted by molar-refractivity contribution is 6.37. The lowest BCUT2D eigenvalue weighted by atomic mass is 10.0. The van der Waals surface area contributed by atoms with E-state index in [1.165, 1.54) is 30.3 Å². The number of benzene rings is 3. The van der Waals surface area contributed by atoms with Gasteiger partial charge in [-0.2, -0.15) is 0 Å². The molecule has 0 spiro atoms. The predicted molar refractivity (Wildman–Crippen MR) is 152 cm³/mol. The van der Waals surface area contributed by atoms with Crippen molar-refractivity contribution in [2.75, 3.05) is 11.9 Å². The van der Waals surface area contributed by atoms with Gasteiger partial charge in [-0.15, -0.1) is 0 Å². The topological polar surface area (TPSA) is 100 Å². The van der Waals surface area contributed by atoms with Crippen LogP contribution in [0.2, 0.25) is 5.02 Å². The summed E-state index contributed by atoms with van der Waals surface area (Å²) in [6.45, 7) is 0.986. The fourth-order valence-electron chi connectivity index (χ4n) is 5.44. The van der Waals surface area contributed by atoms with Crippen molar-refractivity contribution in [2.45, 2.75) is 32.1 Å². The van der Waals surface area contributed by atoms with Gasteiger partial charge in [0.1, 0.15) is 24.3 Å². The van der Waals surface area contributed by atoms with Crippen molar-refractivity contribution < 1.29 is 23.2 Å². The van der Waals surface area contributed by atoms with Crippen LogP contribution in [0.4, 0.5) is 14.5 Å². The van der Waals surface area contributed by atoms with Gasteiger partial charge in [0.25, 0.3) is 0 Å². The molecule has 2 aromatic heterocycles. The lowest BCUT2D eigenvalue weighted by Crippen LogP contribution is -2.44. The van der Waals surface area contributed by atoms with Crippen molar-refractivity contribution in [1.29, 1.82) is 0 Å². The summed E-state index contributed by atoms with van der Waals surface area (Å²) in [5, 5.41) is 3.50. The molecule has 0 bridgehead atoms. The van der Waals surface area contributed by atoms with E-state index in [4.69, 9.17) is 11.6 Å². The highest BCUT2D eigenvalue weighted by Gasteiger charge is 2.40. The van der Waals surface area contributed by atoms with Gasteiger partial charge >= 0.3 is 0 Å². The first-order valence-corrected chi connectivity index (χ1v) is 13.3. The zero-order chi connectivity index (χ0) is 28.8. The monoisotopic (exact) mass is 575 g/mol. The van der Waals surface area contributed by atoms with Crippen LogP contribution in [0.1, 0.15) is 23.7 Å². The maximum Gasteiger partial charge on any atom is 0.247 e. The number of fused-ring (bicyclic) bond motifs is 2. The van der Waals surface area contributed by atoms with Crippen molar-refractivity contribution in [3.05, 3.63) is 83.5 Å². The largest absolute Gasteiger partial charge is 0.345 e. The molecule has 8 nitrogen and oxygen atoms in total. The summed E-state index contributed by atoms with van der Waals surface area (Å²) < 4.78 is 31.9. The Kier molecular flexibility index (Phi) is 6.78. The summed E-state index contributed by atoms with van der Waals surface area (Å²) >= 11 is 6.50. The Morgan fingerprint density at radius 3 is 2.71 bits per heavy atom. The van der Waals surface area contributed by atoms with Gasteiger partial charge in [0, 0.05) is 40.2 Å². The smallest absolute Gasteiger partial charge is 0.247 e. The average Bonchev–Trinajstić information content (AvgIpc) is 3.68. The highest BCUT2D eigenvalue weighted by Crippen LogP contribution is 2.36. The van der Waals surface area contributed by atoms with E-state index in [2.05, 4.69) is 15.3 Å². The summed E-state index contributed by atoms with van der Waals surface area (Å²) in [4.78, 5) is 47.1. The second-order valence-corrected chi connectivity index (χ2v) is 10.4. The van der Waals surface area contributed by atoms with Crippen LogP contribution in [-0.4, -0.2) is 55.8 Å². The molecule has 41 heavy (non-hydrogen) atoms. The maximum atomic E-state index is 15.7. The molecule has 11 heteroatoms. The Bertz CT molecular complexity index is 1850. The number of carbonyl (C=O) groups excluding carboxylic acids is 3. The fourth-order valence-corrected chi connectivity index (χ4v) is 5.75. The number of imidazole rings is 1. The molecule has 1 aliphatic heterocycles. The molecular formula is C30H24ClF2N5O3. The first-order valence-electron chi connectivity index (χ1n) is 13.0. The molecule has 0 unspecified atom stereocenters. The third kappa shape index (κ3) is 4.74. The third-order valence-electron chi connectivity index (χ3n) is 7.42. The van der Waals surface area contributed by atoms with Crippen molar-refractivity contribution in [3.8, 4) is 11.1 Å². The number of amides is 2. The zero-order valence-corrected chi connectivity index (χ0v) is 22.6. The molecule has 1 aliphatic rings. The summed E-state index contributed by atoms with van der Waals surface area (Å²) in [6.07, 6.45) is 1.45. The maximum absolute atomic E-state index is 15.7. The van der Waals surface area contributed by atoms with Crippen molar-refractivity contribution >= 4 is 56.8 Å². The van der Waals surface area contributed by atoms with Gasteiger partial charge in [0.2, 0.25) is 11.8 Å². The van der Waals surface area contributed by atoms with E-state index in [1.54, 1.807) is 53.2 Å². The highest BCUT2D eigenvalue weighted by atomic mass is 35.5. The average molecular weight is 576 g/mol. The molecule has 2 N–H and O–H groups in total. The Morgan fingerprint density at radius 2 is 1.90 bits per heavy atom. The SMILES string of the molecule is CC(=O)c1cn(CC(=O)N2C[C@H](F)C[C@H]2C(=O)Nc2cccc(-c3ccc4[nH]cnc4c3Cl)c2F)c2ccccc12. The van der Waals surface area contributed by atoms with Crippen LogP contribution in [0.25, 0.3) is 33.1 Å². The van der Waals surface area contributed by atoms with Crippen LogP contribution >= 0.6 is 11.6 Å². The number of likely N-dealkylation sites (tertiary alicyclic amines) is 1. The van der Waals surface area contributed by atoms with Gasteiger partial charge in [-0.3, -0.25) is 14.4 Å². The number of rotatable bonds is 6. The molecule has 1 saturated heterocycles. The summed E-state index contributed by atoms with van der Waals surface area (Å²) in [5.74, 6) is -2.06. The number of carbonyl (C=O) groups is 3. The van der Waals surface area contributed by atoms with Gasteiger partial charge in [0.05, 0.1) is 29.1 Å². The van der Waals surface area contributed by atoms with Crippen LogP contribution < -0.4 is 5.32 Å². The molecule has 0 saturated carbocycles. The molecule has 3 aromatic carbocycles. The minimum absolute atomic E-state index is 0.122. The lowest BCUT2D eigenvalue weighted by molar-refractivity contribution is -0.137. The Balaban J connectivity index is 1.24. The van der Waals surface area contributed by atoms with Crippen LogP contribution in [0.3, 0.4) is 0 Å². The Hall–Kier alpha value is -4.57. The van der Waals surface area contributed by atoms with Gasteiger partial charge in [0.15, 0.2) is 11.6 Å². The zero-order valence-electron chi connectivity index (χ0n) is 21.8. The third-order valence-corrected chi connectivity index (χ3v) is 7.81.